The molecule has 0 atom stereocenters. The summed E-state index contributed by atoms with van der Waals surface area (Å²) in [6.45, 7) is 4.33. The molecule has 0 aliphatic heterocycles. The summed E-state index contributed by atoms with van der Waals surface area (Å²) in [6.07, 6.45) is 0. The van der Waals surface area contributed by atoms with Crippen molar-refractivity contribution in [3.8, 4) is 0 Å². The summed E-state index contributed by atoms with van der Waals surface area (Å²) < 4.78 is 0. The molecular weight excluding hydrogens is 310 g/mol. The van der Waals surface area contributed by atoms with Crippen LogP contribution in [-0.4, -0.2) is 21.4 Å². The SMILES string of the molecule is CCN(Cc1ccc(Cl)cc1)Cc1nc2ccccc2c(=O)[nH]1. The molecule has 0 saturated heterocycles. The van der Waals surface area contributed by atoms with Gasteiger partial charge >= 0.3 is 0 Å². The van der Waals surface area contributed by atoms with Gasteiger partial charge in [0.15, 0.2) is 0 Å². The number of nitrogens with zero attached hydrogens (tertiary/aromatic N) is 2. The number of hydrogen-bond acceptors (Lipinski definition) is 3. The van der Waals surface area contributed by atoms with Gasteiger partial charge in [-0.3, -0.25) is 9.69 Å². The standard InChI is InChI=1S/C18H18ClN3O/c1-2-22(11-13-7-9-14(19)10-8-13)12-17-20-16-6-4-3-5-15(16)18(23)21-17/h3-10H,2,11-12H2,1H3,(H,20,21,23). The van der Waals surface area contributed by atoms with Crippen LogP contribution in [0.3, 0.4) is 0 Å². The average Bonchev–Trinajstić information content (AvgIpc) is 2.56. The molecule has 0 aliphatic carbocycles. The van der Waals surface area contributed by atoms with Crippen LogP contribution in [0.5, 0.6) is 0 Å². The second-order valence-electron chi connectivity index (χ2n) is 5.46. The third kappa shape index (κ3) is 3.78. The molecule has 1 N–H and O–H groups in total. The van der Waals surface area contributed by atoms with E-state index in [4.69, 9.17) is 11.6 Å². The normalized spacial score (nSPS) is 11.3. The largest absolute Gasteiger partial charge is 0.309 e. The Morgan fingerprint density at radius 3 is 2.57 bits per heavy atom. The lowest BCUT2D eigenvalue weighted by molar-refractivity contribution is 0.264. The summed E-state index contributed by atoms with van der Waals surface area (Å²) >= 11 is 5.92. The van der Waals surface area contributed by atoms with E-state index in [2.05, 4.69) is 21.8 Å². The maximum Gasteiger partial charge on any atom is 0.258 e. The van der Waals surface area contributed by atoms with E-state index >= 15 is 0 Å². The van der Waals surface area contributed by atoms with Crippen LogP contribution in [0, 0.1) is 0 Å². The predicted molar refractivity (Wildman–Crippen MR) is 93.6 cm³/mol. The maximum absolute atomic E-state index is 12.1. The monoisotopic (exact) mass is 327 g/mol. The van der Waals surface area contributed by atoms with E-state index in [1.807, 2.05) is 42.5 Å². The van der Waals surface area contributed by atoms with Crippen LogP contribution in [0.25, 0.3) is 10.9 Å². The first-order valence-electron chi connectivity index (χ1n) is 7.60. The highest BCUT2D eigenvalue weighted by Crippen LogP contribution is 2.13. The number of benzene rings is 2. The first-order chi connectivity index (χ1) is 11.2. The van der Waals surface area contributed by atoms with E-state index < -0.39 is 0 Å². The first kappa shape index (κ1) is 15.7. The third-order valence-electron chi connectivity index (χ3n) is 3.80. The molecule has 23 heavy (non-hydrogen) atoms. The van der Waals surface area contributed by atoms with E-state index in [0.29, 0.717) is 17.8 Å². The molecule has 1 heterocycles. The molecule has 0 radical (unpaired) electrons. The number of aromatic amines is 1. The molecule has 5 heteroatoms. The smallest absolute Gasteiger partial charge is 0.258 e. The van der Waals surface area contributed by atoms with Gasteiger partial charge in [-0.25, -0.2) is 4.98 Å². The number of halogens is 1. The van der Waals surface area contributed by atoms with Crippen molar-refractivity contribution in [2.75, 3.05) is 6.54 Å². The van der Waals surface area contributed by atoms with Gasteiger partial charge in [0.2, 0.25) is 0 Å². The third-order valence-corrected chi connectivity index (χ3v) is 4.05. The quantitative estimate of drug-likeness (QED) is 0.779. The molecule has 118 valence electrons. The Kier molecular flexibility index (Phi) is 4.74. The number of hydrogen-bond donors (Lipinski definition) is 1. The summed E-state index contributed by atoms with van der Waals surface area (Å²) in [5.41, 5.74) is 1.82. The Morgan fingerprint density at radius 2 is 1.83 bits per heavy atom. The van der Waals surface area contributed by atoms with Gasteiger partial charge in [0.1, 0.15) is 5.82 Å². The molecule has 3 aromatic rings. The summed E-state index contributed by atoms with van der Waals surface area (Å²) in [5, 5.41) is 1.36. The maximum atomic E-state index is 12.1. The number of H-pyrrole nitrogens is 1. The van der Waals surface area contributed by atoms with Gasteiger partial charge in [-0.2, -0.15) is 0 Å². The predicted octanol–water partition coefficient (Wildman–Crippen LogP) is 3.60. The van der Waals surface area contributed by atoms with Crippen molar-refractivity contribution < 1.29 is 0 Å². The van der Waals surface area contributed by atoms with Gasteiger partial charge in [-0.1, -0.05) is 42.8 Å². The minimum Gasteiger partial charge on any atom is -0.309 e. The topological polar surface area (TPSA) is 49.0 Å². The number of aromatic nitrogens is 2. The van der Waals surface area contributed by atoms with Gasteiger partial charge in [-0.15, -0.1) is 0 Å². The van der Waals surface area contributed by atoms with E-state index in [9.17, 15) is 4.79 Å². The van der Waals surface area contributed by atoms with Crippen molar-refractivity contribution in [3.05, 3.63) is 75.3 Å². The van der Waals surface area contributed by atoms with Crippen LogP contribution in [-0.2, 0) is 13.1 Å². The molecular formula is C18H18ClN3O. The minimum atomic E-state index is -0.0897. The fourth-order valence-electron chi connectivity index (χ4n) is 2.55. The molecule has 0 spiro atoms. The number of rotatable bonds is 5. The Morgan fingerprint density at radius 1 is 1.09 bits per heavy atom. The zero-order valence-electron chi connectivity index (χ0n) is 12.9. The van der Waals surface area contributed by atoms with Crippen molar-refractivity contribution >= 4 is 22.5 Å². The van der Waals surface area contributed by atoms with E-state index in [1.54, 1.807) is 6.07 Å². The molecule has 3 rings (SSSR count). The van der Waals surface area contributed by atoms with E-state index in [-0.39, 0.29) is 5.56 Å². The number of nitrogens with one attached hydrogen (secondary N) is 1. The van der Waals surface area contributed by atoms with Gasteiger partial charge < -0.3 is 4.98 Å². The van der Waals surface area contributed by atoms with Crippen LogP contribution < -0.4 is 5.56 Å². The minimum absolute atomic E-state index is 0.0897. The zero-order chi connectivity index (χ0) is 16.2. The number of para-hydroxylation sites is 1. The zero-order valence-corrected chi connectivity index (χ0v) is 13.7. The Balaban J connectivity index is 1.81. The van der Waals surface area contributed by atoms with Crippen molar-refractivity contribution in [3.63, 3.8) is 0 Å². The van der Waals surface area contributed by atoms with E-state index in [1.165, 1.54) is 5.56 Å². The lowest BCUT2D eigenvalue weighted by Gasteiger charge is -2.20. The lowest BCUT2D eigenvalue weighted by Crippen LogP contribution is -2.25. The lowest BCUT2D eigenvalue weighted by atomic mass is 10.2. The molecule has 0 aliphatic rings. The molecule has 2 aromatic carbocycles. The Bertz CT molecular complexity index is 858. The van der Waals surface area contributed by atoms with Gasteiger partial charge in [-0.05, 0) is 36.4 Å². The summed E-state index contributed by atoms with van der Waals surface area (Å²) in [5.74, 6) is 0.685. The highest BCUT2D eigenvalue weighted by molar-refractivity contribution is 6.30. The highest BCUT2D eigenvalue weighted by Gasteiger charge is 2.09. The van der Waals surface area contributed by atoms with Crippen LogP contribution >= 0.6 is 11.6 Å². The molecule has 0 bridgehead atoms. The van der Waals surface area contributed by atoms with Crippen molar-refractivity contribution in [1.29, 1.82) is 0 Å². The van der Waals surface area contributed by atoms with Crippen LogP contribution in [0.15, 0.2) is 53.3 Å². The second kappa shape index (κ2) is 6.94. The molecule has 0 unspecified atom stereocenters. The molecule has 4 nitrogen and oxygen atoms in total. The Hall–Kier alpha value is -2.17. The highest BCUT2D eigenvalue weighted by atomic mass is 35.5. The molecule has 0 fully saturated rings. The summed E-state index contributed by atoms with van der Waals surface area (Å²) in [4.78, 5) is 21.8. The van der Waals surface area contributed by atoms with Gasteiger partial charge in [0.05, 0.1) is 17.4 Å². The molecule has 0 amide bonds. The molecule has 1 aromatic heterocycles. The fourth-order valence-corrected chi connectivity index (χ4v) is 2.68. The second-order valence-corrected chi connectivity index (χ2v) is 5.90. The average molecular weight is 328 g/mol. The van der Waals surface area contributed by atoms with Crippen molar-refractivity contribution in [1.82, 2.24) is 14.9 Å². The van der Waals surface area contributed by atoms with Gasteiger partial charge in [0, 0.05) is 11.6 Å². The van der Waals surface area contributed by atoms with Crippen LogP contribution in [0.2, 0.25) is 5.02 Å². The van der Waals surface area contributed by atoms with Crippen LogP contribution in [0.4, 0.5) is 0 Å². The van der Waals surface area contributed by atoms with Crippen molar-refractivity contribution in [2.45, 2.75) is 20.0 Å². The Labute approximate surface area is 139 Å². The number of fused-ring (bicyclic) bond motifs is 1. The fraction of sp³-hybridized carbons (Fsp3) is 0.222. The van der Waals surface area contributed by atoms with E-state index in [0.717, 1.165) is 23.6 Å². The summed E-state index contributed by atoms with van der Waals surface area (Å²) in [7, 11) is 0. The van der Waals surface area contributed by atoms with Crippen LogP contribution in [0.1, 0.15) is 18.3 Å². The first-order valence-corrected chi connectivity index (χ1v) is 7.98. The van der Waals surface area contributed by atoms with Gasteiger partial charge in [0.25, 0.3) is 5.56 Å². The summed E-state index contributed by atoms with van der Waals surface area (Å²) in [6, 6.07) is 15.2. The van der Waals surface area contributed by atoms with Crippen molar-refractivity contribution in [2.24, 2.45) is 0 Å². The molecule has 0 saturated carbocycles.